The smallest absolute Gasteiger partial charge is 0.336 e. The Morgan fingerprint density at radius 3 is 2.67 bits per heavy atom. The van der Waals surface area contributed by atoms with Gasteiger partial charge in [0.2, 0.25) is 5.56 Å². The highest BCUT2D eigenvalue weighted by molar-refractivity contribution is 5.96. The van der Waals surface area contributed by atoms with Gasteiger partial charge in [0.05, 0.1) is 5.56 Å². The number of nitrogens with two attached hydrogens (primary N) is 1. The quantitative estimate of drug-likeness (QED) is 0.699. The Kier molecular flexibility index (Phi) is 2.89. The second kappa shape index (κ2) is 4.37. The molecule has 0 unspecified atom stereocenters. The third-order valence-electron chi connectivity index (χ3n) is 2.71. The fourth-order valence-electron chi connectivity index (χ4n) is 1.80. The molecule has 0 radical (unpaired) electrons. The van der Waals surface area contributed by atoms with Crippen LogP contribution in [0.15, 0.2) is 35.3 Å². The molecule has 1 aromatic carbocycles. The van der Waals surface area contributed by atoms with Gasteiger partial charge in [-0.15, -0.1) is 0 Å². The number of aromatic carboxylic acids is 1. The molecule has 1 heterocycles. The number of carboxylic acid groups (broad SMARTS) is 1. The molecule has 4 N–H and O–H groups in total. The number of nitrogens with one attached hydrogen (secondary N) is 1. The average Bonchev–Trinajstić information content (AvgIpc) is 2.32. The van der Waals surface area contributed by atoms with Crippen LogP contribution >= 0.6 is 0 Å². The molecule has 5 nitrogen and oxygen atoms in total. The van der Waals surface area contributed by atoms with E-state index in [-0.39, 0.29) is 5.56 Å². The first-order chi connectivity index (χ1) is 8.49. The molecule has 0 saturated carbocycles. The molecule has 1 aromatic heterocycles. The summed E-state index contributed by atoms with van der Waals surface area (Å²) in [5.74, 6) is -1.14. The van der Waals surface area contributed by atoms with Gasteiger partial charge in [0.25, 0.3) is 0 Å². The van der Waals surface area contributed by atoms with E-state index in [2.05, 4.69) is 4.98 Å². The van der Waals surface area contributed by atoms with Crippen molar-refractivity contribution >= 4 is 11.7 Å². The SMILES string of the molecule is Cc1ccc(N)cc1-c1c[nH]c(=O)cc1C(=O)O. The van der Waals surface area contributed by atoms with Gasteiger partial charge in [-0.25, -0.2) is 4.79 Å². The molecular formula is C13H12N2O3. The molecule has 5 heteroatoms. The second-order valence-corrected chi connectivity index (χ2v) is 4.00. The number of hydrogen-bond donors (Lipinski definition) is 3. The lowest BCUT2D eigenvalue weighted by Gasteiger charge is -2.09. The van der Waals surface area contributed by atoms with Gasteiger partial charge >= 0.3 is 5.97 Å². The molecule has 0 bridgehead atoms. The average molecular weight is 244 g/mol. The lowest BCUT2D eigenvalue weighted by atomic mass is 9.97. The number of anilines is 1. The maximum absolute atomic E-state index is 11.2. The Hall–Kier alpha value is -2.56. The van der Waals surface area contributed by atoms with E-state index in [1.165, 1.54) is 6.20 Å². The van der Waals surface area contributed by atoms with Crippen LogP contribution in [0.25, 0.3) is 11.1 Å². The lowest BCUT2D eigenvalue weighted by molar-refractivity contribution is 0.0697. The first-order valence-electron chi connectivity index (χ1n) is 5.31. The van der Waals surface area contributed by atoms with E-state index in [4.69, 9.17) is 10.8 Å². The van der Waals surface area contributed by atoms with Gasteiger partial charge in [-0.3, -0.25) is 4.79 Å². The number of carboxylic acids is 1. The van der Waals surface area contributed by atoms with E-state index in [1.54, 1.807) is 18.2 Å². The van der Waals surface area contributed by atoms with E-state index in [1.807, 2.05) is 6.92 Å². The molecule has 2 aromatic rings. The van der Waals surface area contributed by atoms with Crippen LogP contribution in [0.1, 0.15) is 15.9 Å². The van der Waals surface area contributed by atoms with Crippen molar-refractivity contribution in [3.8, 4) is 11.1 Å². The molecule has 0 saturated heterocycles. The van der Waals surface area contributed by atoms with Crippen LogP contribution < -0.4 is 11.3 Å². The third-order valence-corrected chi connectivity index (χ3v) is 2.71. The Morgan fingerprint density at radius 1 is 1.28 bits per heavy atom. The van der Waals surface area contributed by atoms with Crippen LogP contribution in [0.4, 0.5) is 5.69 Å². The van der Waals surface area contributed by atoms with Gasteiger partial charge in [-0.1, -0.05) is 6.07 Å². The fraction of sp³-hybridized carbons (Fsp3) is 0.0769. The van der Waals surface area contributed by atoms with Crippen LogP contribution in [-0.4, -0.2) is 16.1 Å². The van der Waals surface area contributed by atoms with Crippen molar-refractivity contribution in [2.45, 2.75) is 6.92 Å². The first-order valence-corrected chi connectivity index (χ1v) is 5.31. The molecule has 0 amide bonds. The Labute approximate surface area is 103 Å². The van der Waals surface area contributed by atoms with E-state index in [9.17, 15) is 9.59 Å². The summed E-state index contributed by atoms with van der Waals surface area (Å²) in [4.78, 5) is 24.8. The van der Waals surface area contributed by atoms with E-state index >= 15 is 0 Å². The van der Waals surface area contributed by atoms with Crippen molar-refractivity contribution in [3.63, 3.8) is 0 Å². The van der Waals surface area contributed by atoms with E-state index in [0.29, 0.717) is 16.8 Å². The number of benzene rings is 1. The molecule has 0 spiro atoms. The minimum Gasteiger partial charge on any atom is -0.478 e. The zero-order valence-corrected chi connectivity index (χ0v) is 9.73. The van der Waals surface area contributed by atoms with Crippen molar-refractivity contribution in [2.24, 2.45) is 0 Å². The number of aromatic amines is 1. The molecule has 0 aliphatic heterocycles. The topological polar surface area (TPSA) is 96.2 Å². The van der Waals surface area contributed by atoms with E-state index in [0.717, 1.165) is 11.6 Å². The number of pyridine rings is 1. The van der Waals surface area contributed by atoms with Crippen molar-refractivity contribution in [1.29, 1.82) is 0 Å². The van der Waals surface area contributed by atoms with Crippen LogP contribution in [0.3, 0.4) is 0 Å². The maximum Gasteiger partial charge on any atom is 0.336 e. The van der Waals surface area contributed by atoms with Crippen LogP contribution in [0.5, 0.6) is 0 Å². The zero-order chi connectivity index (χ0) is 13.3. The number of aryl methyl sites for hydroxylation is 1. The lowest BCUT2D eigenvalue weighted by Crippen LogP contribution is -2.10. The highest BCUT2D eigenvalue weighted by Gasteiger charge is 2.14. The van der Waals surface area contributed by atoms with Gasteiger partial charge in [0.1, 0.15) is 0 Å². The standard InChI is InChI=1S/C13H12N2O3/c1-7-2-3-8(14)4-9(7)11-6-15-12(16)5-10(11)13(17)18/h2-6H,14H2,1H3,(H,15,16)(H,17,18). The molecule has 92 valence electrons. The summed E-state index contributed by atoms with van der Waals surface area (Å²) in [7, 11) is 0. The number of H-pyrrole nitrogens is 1. The van der Waals surface area contributed by atoms with Crippen LogP contribution in [-0.2, 0) is 0 Å². The van der Waals surface area contributed by atoms with Crippen molar-refractivity contribution in [3.05, 3.63) is 51.9 Å². The molecular weight excluding hydrogens is 232 g/mol. The summed E-state index contributed by atoms with van der Waals surface area (Å²) in [6, 6.07) is 6.31. The minimum absolute atomic E-state index is 0.0348. The van der Waals surface area contributed by atoms with Crippen LogP contribution in [0.2, 0.25) is 0 Å². The highest BCUT2D eigenvalue weighted by Crippen LogP contribution is 2.27. The maximum atomic E-state index is 11.2. The largest absolute Gasteiger partial charge is 0.478 e. The summed E-state index contributed by atoms with van der Waals surface area (Å²) in [6.07, 6.45) is 1.40. The monoisotopic (exact) mass is 244 g/mol. The number of carbonyl (C=O) groups is 1. The van der Waals surface area contributed by atoms with Crippen molar-refractivity contribution in [1.82, 2.24) is 4.98 Å². The Morgan fingerprint density at radius 2 is 2.00 bits per heavy atom. The molecule has 2 rings (SSSR count). The Bertz CT molecular complexity index is 674. The number of nitrogen functional groups attached to an aromatic ring is 1. The normalized spacial score (nSPS) is 10.3. The fourth-order valence-corrected chi connectivity index (χ4v) is 1.80. The number of hydrogen-bond acceptors (Lipinski definition) is 3. The minimum atomic E-state index is -1.14. The summed E-state index contributed by atoms with van der Waals surface area (Å²) >= 11 is 0. The van der Waals surface area contributed by atoms with Gasteiger partial charge < -0.3 is 15.8 Å². The molecule has 0 atom stereocenters. The molecule has 0 fully saturated rings. The van der Waals surface area contributed by atoms with E-state index < -0.39 is 11.5 Å². The van der Waals surface area contributed by atoms with Gasteiger partial charge in [-0.2, -0.15) is 0 Å². The summed E-state index contributed by atoms with van der Waals surface area (Å²) in [5.41, 5.74) is 7.80. The van der Waals surface area contributed by atoms with Gasteiger partial charge in [0, 0.05) is 23.5 Å². The zero-order valence-electron chi connectivity index (χ0n) is 9.73. The highest BCUT2D eigenvalue weighted by atomic mass is 16.4. The number of rotatable bonds is 2. The molecule has 18 heavy (non-hydrogen) atoms. The Balaban J connectivity index is 2.74. The second-order valence-electron chi connectivity index (χ2n) is 4.00. The van der Waals surface area contributed by atoms with Gasteiger partial charge in [-0.05, 0) is 30.2 Å². The first kappa shape index (κ1) is 11.9. The summed E-state index contributed by atoms with van der Waals surface area (Å²) in [5, 5.41) is 9.13. The van der Waals surface area contributed by atoms with Gasteiger partial charge in [0.15, 0.2) is 0 Å². The predicted octanol–water partition coefficient (Wildman–Crippen LogP) is 1.63. The third kappa shape index (κ3) is 2.10. The van der Waals surface area contributed by atoms with Crippen LogP contribution in [0, 0.1) is 6.92 Å². The molecule has 0 aliphatic rings. The van der Waals surface area contributed by atoms with Crippen molar-refractivity contribution in [2.75, 3.05) is 5.73 Å². The van der Waals surface area contributed by atoms with Crippen molar-refractivity contribution < 1.29 is 9.90 Å². The predicted molar refractivity (Wildman–Crippen MR) is 68.6 cm³/mol. The summed E-state index contributed by atoms with van der Waals surface area (Å²) < 4.78 is 0. The summed E-state index contributed by atoms with van der Waals surface area (Å²) in [6.45, 7) is 1.85. The molecule has 0 aliphatic carbocycles. The number of aromatic nitrogens is 1.